The quantitative estimate of drug-likeness (QED) is 0.804. The predicted molar refractivity (Wildman–Crippen MR) is 76.6 cm³/mol. The molecule has 1 saturated heterocycles. The van der Waals surface area contributed by atoms with E-state index in [9.17, 15) is 23.1 Å². The van der Waals surface area contributed by atoms with E-state index in [2.05, 4.69) is 10.3 Å². The first-order chi connectivity index (χ1) is 10.9. The van der Waals surface area contributed by atoms with Crippen LogP contribution in [0.5, 0.6) is 0 Å². The van der Waals surface area contributed by atoms with Crippen LogP contribution in [0.15, 0.2) is 18.7 Å². The van der Waals surface area contributed by atoms with Crippen molar-refractivity contribution in [2.75, 3.05) is 19.6 Å². The molecular formula is C14H21F3N4O2. The van der Waals surface area contributed by atoms with E-state index in [-0.39, 0.29) is 32.0 Å². The average molecular weight is 334 g/mol. The van der Waals surface area contributed by atoms with E-state index >= 15 is 0 Å². The number of urea groups is 1. The fourth-order valence-electron chi connectivity index (χ4n) is 2.67. The molecule has 2 amide bonds. The van der Waals surface area contributed by atoms with Crippen molar-refractivity contribution in [3.63, 3.8) is 0 Å². The lowest BCUT2D eigenvalue weighted by atomic mass is 9.91. The van der Waals surface area contributed by atoms with Crippen LogP contribution in [0.2, 0.25) is 0 Å². The monoisotopic (exact) mass is 334 g/mol. The van der Waals surface area contributed by atoms with Gasteiger partial charge in [-0.1, -0.05) is 0 Å². The van der Waals surface area contributed by atoms with Crippen molar-refractivity contribution >= 4 is 6.03 Å². The summed E-state index contributed by atoms with van der Waals surface area (Å²) in [5.74, 6) is -0.833. The van der Waals surface area contributed by atoms with Gasteiger partial charge in [-0.05, 0) is 25.2 Å². The van der Waals surface area contributed by atoms with Gasteiger partial charge < -0.3 is 19.9 Å². The molecule has 1 atom stereocenters. The highest BCUT2D eigenvalue weighted by Gasteiger charge is 2.44. The zero-order valence-corrected chi connectivity index (χ0v) is 12.7. The minimum Gasteiger partial charge on any atom is -0.383 e. The number of piperidine rings is 1. The number of likely N-dealkylation sites (tertiary alicyclic amines) is 1. The van der Waals surface area contributed by atoms with E-state index in [1.165, 1.54) is 4.90 Å². The van der Waals surface area contributed by atoms with Gasteiger partial charge in [0.2, 0.25) is 0 Å². The van der Waals surface area contributed by atoms with Crippen LogP contribution >= 0.6 is 0 Å². The van der Waals surface area contributed by atoms with Gasteiger partial charge in [0.25, 0.3) is 0 Å². The largest absolute Gasteiger partial charge is 0.414 e. The molecule has 0 saturated carbocycles. The number of aromatic nitrogens is 2. The lowest BCUT2D eigenvalue weighted by Gasteiger charge is -2.34. The topological polar surface area (TPSA) is 70.4 Å². The van der Waals surface area contributed by atoms with Crippen LogP contribution in [0.3, 0.4) is 0 Å². The summed E-state index contributed by atoms with van der Waals surface area (Å²) in [5.41, 5.74) is 0. The molecule has 1 aliphatic heterocycles. The maximum atomic E-state index is 12.5. The first-order valence-electron chi connectivity index (χ1n) is 7.61. The summed E-state index contributed by atoms with van der Waals surface area (Å²) >= 11 is 0. The third kappa shape index (κ3) is 5.12. The first-order valence-corrected chi connectivity index (χ1v) is 7.61. The minimum absolute atomic E-state index is 0.156. The Hall–Kier alpha value is -1.77. The zero-order valence-electron chi connectivity index (χ0n) is 12.7. The van der Waals surface area contributed by atoms with Gasteiger partial charge >= 0.3 is 12.2 Å². The average Bonchev–Trinajstić information content (AvgIpc) is 3.03. The van der Waals surface area contributed by atoms with Gasteiger partial charge in [-0.3, -0.25) is 0 Å². The van der Waals surface area contributed by atoms with Gasteiger partial charge in [0, 0.05) is 38.6 Å². The van der Waals surface area contributed by atoms with Crippen molar-refractivity contribution in [3.05, 3.63) is 18.7 Å². The molecule has 1 aliphatic rings. The minimum atomic E-state index is -4.59. The van der Waals surface area contributed by atoms with Gasteiger partial charge in [0.15, 0.2) is 6.10 Å². The number of imidazole rings is 1. The predicted octanol–water partition coefficient (Wildman–Crippen LogP) is 1.62. The standard InChI is InChI=1S/C14H21F3N4O2/c15-14(16,17)12(22)11-2-7-21(8-3-11)13(23)19-4-1-6-20-9-5-18-10-20/h5,9-12,22H,1-4,6-8H2,(H,19,23). The maximum Gasteiger partial charge on any atom is 0.414 e. The summed E-state index contributed by atoms with van der Waals surface area (Å²) < 4.78 is 39.3. The van der Waals surface area contributed by atoms with E-state index in [1.54, 1.807) is 12.5 Å². The normalized spacial score (nSPS) is 18.0. The third-order valence-electron chi connectivity index (χ3n) is 4.04. The summed E-state index contributed by atoms with van der Waals surface area (Å²) in [6.45, 7) is 1.68. The molecule has 2 heterocycles. The first kappa shape index (κ1) is 17.6. The molecule has 0 spiro atoms. The molecule has 2 N–H and O–H groups in total. The van der Waals surface area contributed by atoms with E-state index in [1.807, 2.05) is 10.8 Å². The molecule has 23 heavy (non-hydrogen) atoms. The number of aliphatic hydroxyl groups is 1. The number of aliphatic hydroxyl groups excluding tert-OH is 1. The molecule has 0 aliphatic carbocycles. The highest BCUT2D eigenvalue weighted by atomic mass is 19.4. The number of carbonyl (C=O) groups excluding carboxylic acids is 1. The summed E-state index contributed by atoms with van der Waals surface area (Å²) in [4.78, 5) is 17.4. The number of hydrogen-bond donors (Lipinski definition) is 2. The molecule has 6 nitrogen and oxygen atoms in total. The van der Waals surface area contributed by atoms with Crippen molar-refractivity contribution in [2.45, 2.75) is 38.1 Å². The van der Waals surface area contributed by atoms with Crippen molar-refractivity contribution in [3.8, 4) is 0 Å². The second-order valence-corrected chi connectivity index (χ2v) is 5.70. The van der Waals surface area contributed by atoms with E-state index in [4.69, 9.17) is 0 Å². The molecule has 130 valence electrons. The van der Waals surface area contributed by atoms with Crippen molar-refractivity contribution in [1.29, 1.82) is 0 Å². The Labute approximate surface area is 132 Å². The fourth-order valence-corrected chi connectivity index (χ4v) is 2.67. The van der Waals surface area contributed by atoms with Crippen LogP contribution in [0, 0.1) is 5.92 Å². The Bertz CT molecular complexity index is 485. The number of nitrogens with one attached hydrogen (secondary N) is 1. The lowest BCUT2D eigenvalue weighted by molar-refractivity contribution is -0.222. The van der Waals surface area contributed by atoms with Crippen LogP contribution in [-0.2, 0) is 6.54 Å². The number of amides is 2. The van der Waals surface area contributed by atoms with E-state index < -0.39 is 18.2 Å². The second kappa shape index (κ2) is 7.67. The van der Waals surface area contributed by atoms with Crippen molar-refractivity contribution < 1.29 is 23.1 Å². The van der Waals surface area contributed by atoms with Crippen LogP contribution in [0.1, 0.15) is 19.3 Å². The summed E-state index contributed by atoms with van der Waals surface area (Å²) in [7, 11) is 0. The molecule has 0 radical (unpaired) electrons. The fraction of sp³-hybridized carbons (Fsp3) is 0.714. The van der Waals surface area contributed by atoms with Gasteiger partial charge in [-0.25, -0.2) is 9.78 Å². The SMILES string of the molecule is O=C(NCCCn1ccnc1)N1CCC(C(O)C(F)(F)F)CC1. The van der Waals surface area contributed by atoms with Crippen LogP contribution in [0.4, 0.5) is 18.0 Å². The summed E-state index contributed by atoms with van der Waals surface area (Å²) in [6, 6.07) is -0.268. The molecule has 1 aromatic rings. The van der Waals surface area contributed by atoms with Crippen LogP contribution in [-0.4, -0.2) is 57.5 Å². The zero-order chi connectivity index (χ0) is 16.9. The molecule has 1 aromatic heterocycles. The van der Waals surface area contributed by atoms with Gasteiger partial charge in [0.05, 0.1) is 6.33 Å². The molecule has 9 heteroatoms. The number of hydrogen-bond acceptors (Lipinski definition) is 3. The number of rotatable bonds is 5. The summed E-state index contributed by atoms with van der Waals surface area (Å²) in [5, 5.41) is 12.0. The van der Waals surface area contributed by atoms with Crippen LogP contribution < -0.4 is 5.32 Å². The molecule has 2 rings (SSSR count). The molecule has 0 aromatic carbocycles. The second-order valence-electron chi connectivity index (χ2n) is 5.70. The van der Waals surface area contributed by atoms with Crippen molar-refractivity contribution in [1.82, 2.24) is 19.8 Å². The third-order valence-corrected chi connectivity index (χ3v) is 4.04. The van der Waals surface area contributed by atoms with E-state index in [0.29, 0.717) is 6.54 Å². The highest BCUT2D eigenvalue weighted by molar-refractivity contribution is 5.74. The molecule has 0 bridgehead atoms. The van der Waals surface area contributed by atoms with E-state index in [0.717, 1.165) is 13.0 Å². The smallest absolute Gasteiger partial charge is 0.383 e. The Balaban J connectivity index is 1.65. The highest BCUT2D eigenvalue weighted by Crippen LogP contribution is 2.31. The lowest BCUT2D eigenvalue weighted by Crippen LogP contribution is -2.48. The van der Waals surface area contributed by atoms with Crippen LogP contribution in [0.25, 0.3) is 0 Å². The van der Waals surface area contributed by atoms with Gasteiger partial charge in [-0.2, -0.15) is 13.2 Å². The number of carbonyl (C=O) groups is 1. The molecular weight excluding hydrogens is 313 g/mol. The van der Waals surface area contributed by atoms with Gasteiger partial charge in [0.1, 0.15) is 0 Å². The molecule has 1 unspecified atom stereocenters. The Morgan fingerprint density at radius 2 is 2.09 bits per heavy atom. The molecule has 1 fully saturated rings. The van der Waals surface area contributed by atoms with Crippen molar-refractivity contribution in [2.24, 2.45) is 5.92 Å². The van der Waals surface area contributed by atoms with Gasteiger partial charge in [-0.15, -0.1) is 0 Å². The Morgan fingerprint density at radius 3 is 2.65 bits per heavy atom. The number of aryl methyl sites for hydroxylation is 1. The number of halogens is 3. The number of nitrogens with zero attached hydrogens (tertiary/aromatic N) is 3. The Morgan fingerprint density at radius 1 is 1.39 bits per heavy atom. The summed E-state index contributed by atoms with van der Waals surface area (Å²) in [6.07, 6.45) is -0.641. The Kier molecular flexibility index (Phi) is 5.86. The number of alkyl halides is 3. The maximum absolute atomic E-state index is 12.5.